The second kappa shape index (κ2) is 7.25. The van der Waals surface area contributed by atoms with Gasteiger partial charge in [0.05, 0.1) is 11.1 Å². The number of hydrogen-bond donors (Lipinski definition) is 2. The number of carbonyl (C=O) groups excluding carboxylic acids is 4. The van der Waals surface area contributed by atoms with Crippen LogP contribution in [0.25, 0.3) is 0 Å². The molecule has 0 bridgehead atoms. The first-order valence-electron chi connectivity index (χ1n) is 8.57. The Morgan fingerprint density at radius 1 is 1.31 bits per heavy atom. The molecule has 8 heteroatoms. The molecule has 2 aliphatic rings. The van der Waals surface area contributed by atoms with Gasteiger partial charge in [-0.25, -0.2) is 0 Å². The molecule has 0 spiro atoms. The Morgan fingerprint density at radius 2 is 2.00 bits per heavy atom. The molecule has 1 unspecified atom stereocenters. The van der Waals surface area contributed by atoms with E-state index < -0.39 is 11.9 Å². The average molecular weight is 359 g/mol. The number of nitrogens with zero attached hydrogens (tertiary/aromatic N) is 2. The molecular formula is C18H21N3O5. The van der Waals surface area contributed by atoms with Crippen LogP contribution in [0.3, 0.4) is 0 Å². The monoisotopic (exact) mass is 359 g/mol. The maximum Gasteiger partial charge on any atom is 0.261 e. The van der Waals surface area contributed by atoms with Crippen molar-refractivity contribution in [2.75, 3.05) is 24.6 Å². The van der Waals surface area contributed by atoms with Crippen LogP contribution in [-0.4, -0.2) is 59.9 Å². The van der Waals surface area contributed by atoms with Crippen LogP contribution in [0.1, 0.15) is 40.5 Å². The van der Waals surface area contributed by atoms with Crippen molar-refractivity contribution in [3.63, 3.8) is 0 Å². The van der Waals surface area contributed by atoms with Crippen LogP contribution < -0.4 is 10.2 Å². The highest BCUT2D eigenvalue weighted by molar-refractivity contribution is 6.22. The Hall–Kier alpha value is -2.74. The number of fused-ring (bicyclic) bond motifs is 1. The molecule has 26 heavy (non-hydrogen) atoms. The zero-order chi connectivity index (χ0) is 18.8. The zero-order valence-electron chi connectivity index (χ0n) is 14.5. The molecule has 1 fully saturated rings. The van der Waals surface area contributed by atoms with E-state index >= 15 is 0 Å². The number of anilines is 1. The van der Waals surface area contributed by atoms with E-state index in [1.54, 1.807) is 19.1 Å². The summed E-state index contributed by atoms with van der Waals surface area (Å²) in [6.07, 6.45) is 0.644. The summed E-state index contributed by atoms with van der Waals surface area (Å²) < 4.78 is 0. The van der Waals surface area contributed by atoms with Gasteiger partial charge < -0.3 is 10.0 Å². The average Bonchev–Trinajstić information content (AvgIpc) is 2.83. The predicted octanol–water partition coefficient (Wildman–Crippen LogP) is 0.152. The number of hydrogen-bond acceptors (Lipinski definition) is 6. The van der Waals surface area contributed by atoms with E-state index in [4.69, 9.17) is 5.11 Å². The Bertz CT molecular complexity index is 757. The standard InChI is InChI=1S/C18H21N3O5/c1-11(2-5-16(24)19-10-23)21-17(25)14-4-3-13(6-15(14)18(21)26)20-7-12(8-20)9-22/h3-4,6,10-12,22H,2,5,7-9H2,1H3,(H,19,23,24). The predicted molar refractivity (Wildman–Crippen MR) is 92.6 cm³/mol. The summed E-state index contributed by atoms with van der Waals surface area (Å²) in [6, 6.07) is 4.73. The molecule has 0 saturated carbocycles. The lowest BCUT2D eigenvalue weighted by Crippen LogP contribution is -2.48. The Labute approximate surface area is 150 Å². The van der Waals surface area contributed by atoms with Gasteiger partial charge in [-0.05, 0) is 31.5 Å². The smallest absolute Gasteiger partial charge is 0.261 e. The molecule has 1 atom stereocenters. The minimum absolute atomic E-state index is 0.0505. The molecule has 2 N–H and O–H groups in total. The van der Waals surface area contributed by atoms with Crippen LogP contribution in [0.15, 0.2) is 18.2 Å². The van der Waals surface area contributed by atoms with E-state index in [1.807, 2.05) is 11.4 Å². The SMILES string of the molecule is CC(CCC(=O)NC=O)N1C(=O)c2ccc(N3CC(CO)C3)cc2C1=O. The normalized spacial score (nSPS) is 17.8. The van der Waals surface area contributed by atoms with E-state index in [2.05, 4.69) is 4.90 Å². The quantitative estimate of drug-likeness (QED) is 0.530. The van der Waals surface area contributed by atoms with Gasteiger partial charge in [-0.1, -0.05) is 0 Å². The van der Waals surface area contributed by atoms with Gasteiger partial charge >= 0.3 is 0 Å². The maximum absolute atomic E-state index is 12.7. The molecule has 0 aliphatic carbocycles. The Kier molecular flexibility index (Phi) is 5.03. The van der Waals surface area contributed by atoms with Gasteiger partial charge in [0, 0.05) is 43.8 Å². The van der Waals surface area contributed by atoms with Crippen molar-refractivity contribution in [3.8, 4) is 0 Å². The van der Waals surface area contributed by atoms with Crippen molar-refractivity contribution in [1.82, 2.24) is 10.2 Å². The van der Waals surface area contributed by atoms with Crippen molar-refractivity contribution in [2.24, 2.45) is 5.92 Å². The van der Waals surface area contributed by atoms with E-state index in [9.17, 15) is 19.2 Å². The largest absolute Gasteiger partial charge is 0.396 e. The summed E-state index contributed by atoms with van der Waals surface area (Å²) in [7, 11) is 0. The van der Waals surface area contributed by atoms with E-state index in [1.165, 1.54) is 4.90 Å². The Morgan fingerprint density at radius 3 is 2.65 bits per heavy atom. The summed E-state index contributed by atoms with van der Waals surface area (Å²) in [4.78, 5) is 50.2. The van der Waals surface area contributed by atoms with Gasteiger partial charge in [-0.15, -0.1) is 0 Å². The lowest BCUT2D eigenvalue weighted by molar-refractivity contribution is -0.125. The van der Waals surface area contributed by atoms with Crippen molar-refractivity contribution >= 4 is 29.8 Å². The molecule has 0 aromatic heterocycles. The molecule has 4 amide bonds. The molecule has 1 aromatic rings. The third kappa shape index (κ3) is 3.20. The van der Waals surface area contributed by atoms with Gasteiger partial charge in [0.2, 0.25) is 12.3 Å². The van der Waals surface area contributed by atoms with Crippen molar-refractivity contribution in [3.05, 3.63) is 29.3 Å². The lowest BCUT2D eigenvalue weighted by Gasteiger charge is -2.40. The van der Waals surface area contributed by atoms with Crippen LogP contribution in [0.4, 0.5) is 5.69 Å². The number of aliphatic hydroxyl groups excluding tert-OH is 1. The zero-order valence-corrected chi connectivity index (χ0v) is 14.5. The molecule has 8 nitrogen and oxygen atoms in total. The van der Waals surface area contributed by atoms with Crippen LogP contribution in [0.2, 0.25) is 0 Å². The molecule has 0 radical (unpaired) electrons. The van der Waals surface area contributed by atoms with Crippen LogP contribution in [0.5, 0.6) is 0 Å². The van der Waals surface area contributed by atoms with Gasteiger partial charge in [0.1, 0.15) is 0 Å². The van der Waals surface area contributed by atoms with Gasteiger partial charge in [0.15, 0.2) is 0 Å². The summed E-state index contributed by atoms with van der Waals surface area (Å²) in [5.41, 5.74) is 1.58. The van der Waals surface area contributed by atoms with Crippen molar-refractivity contribution in [2.45, 2.75) is 25.8 Å². The molecule has 2 aliphatic heterocycles. The second-order valence-electron chi connectivity index (χ2n) is 6.74. The van der Waals surface area contributed by atoms with Gasteiger partial charge in [-0.2, -0.15) is 0 Å². The molecule has 1 aromatic carbocycles. The first kappa shape index (κ1) is 18.1. The first-order valence-corrected chi connectivity index (χ1v) is 8.57. The fourth-order valence-electron chi connectivity index (χ4n) is 3.35. The van der Waals surface area contributed by atoms with E-state index in [0.717, 1.165) is 18.8 Å². The summed E-state index contributed by atoms with van der Waals surface area (Å²) in [5, 5.41) is 11.2. The fourth-order valence-corrected chi connectivity index (χ4v) is 3.35. The highest BCUT2D eigenvalue weighted by Crippen LogP contribution is 2.32. The van der Waals surface area contributed by atoms with Crippen LogP contribution in [0, 0.1) is 5.92 Å². The van der Waals surface area contributed by atoms with Crippen molar-refractivity contribution < 1.29 is 24.3 Å². The summed E-state index contributed by atoms with van der Waals surface area (Å²) in [5.74, 6) is -0.928. The van der Waals surface area contributed by atoms with Crippen LogP contribution in [-0.2, 0) is 9.59 Å². The van der Waals surface area contributed by atoms with Crippen LogP contribution >= 0.6 is 0 Å². The molecule has 138 valence electrons. The topological polar surface area (TPSA) is 107 Å². The Balaban J connectivity index is 1.71. The fraction of sp³-hybridized carbons (Fsp3) is 0.444. The third-order valence-electron chi connectivity index (χ3n) is 4.93. The molecule has 2 heterocycles. The number of imide groups is 2. The molecule has 1 saturated heterocycles. The number of benzene rings is 1. The first-order chi connectivity index (χ1) is 12.5. The summed E-state index contributed by atoms with van der Waals surface area (Å²) >= 11 is 0. The third-order valence-corrected chi connectivity index (χ3v) is 4.93. The highest BCUT2D eigenvalue weighted by atomic mass is 16.3. The summed E-state index contributed by atoms with van der Waals surface area (Å²) in [6.45, 7) is 3.30. The number of aliphatic hydroxyl groups is 1. The number of rotatable bonds is 7. The minimum Gasteiger partial charge on any atom is -0.396 e. The minimum atomic E-state index is -0.453. The van der Waals surface area contributed by atoms with Crippen molar-refractivity contribution in [1.29, 1.82) is 0 Å². The highest BCUT2D eigenvalue weighted by Gasteiger charge is 2.39. The van der Waals surface area contributed by atoms with E-state index in [0.29, 0.717) is 17.5 Å². The lowest BCUT2D eigenvalue weighted by atomic mass is 9.99. The molecule has 3 rings (SSSR count). The maximum atomic E-state index is 12.7. The molecular weight excluding hydrogens is 338 g/mol. The number of carbonyl (C=O) groups is 4. The van der Waals surface area contributed by atoms with E-state index in [-0.39, 0.29) is 37.2 Å². The van der Waals surface area contributed by atoms with Gasteiger partial charge in [-0.3, -0.25) is 29.4 Å². The second-order valence-corrected chi connectivity index (χ2v) is 6.74. The van der Waals surface area contributed by atoms with Gasteiger partial charge in [0.25, 0.3) is 11.8 Å². The number of nitrogens with one attached hydrogen (secondary N) is 1. The number of amides is 4.